The van der Waals surface area contributed by atoms with Crippen LogP contribution in [0.3, 0.4) is 0 Å². The number of ether oxygens (including phenoxy) is 1. The molecule has 0 aliphatic carbocycles. The summed E-state index contributed by atoms with van der Waals surface area (Å²) in [4.78, 5) is 22.2. The van der Waals surface area contributed by atoms with Crippen LogP contribution in [-0.2, 0) is 21.1 Å². The number of rotatable bonds is 7. The van der Waals surface area contributed by atoms with Gasteiger partial charge in [-0.05, 0) is 55.0 Å². The summed E-state index contributed by atoms with van der Waals surface area (Å²) in [5, 5.41) is 2.80. The minimum absolute atomic E-state index is 0.0726. The van der Waals surface area contributed by atoms with Gasteiger partial charge in [0.25, 0.3) is 0 Å². The minimum Gasteiger partial charge on any atom is -0.497 e. The van der Waals surface area contributed by atoms with Crippen LogP contribution in [0.5, 0.6) is 5.75 Å². The Balaban J connectivity index is 1.62. The minimum atomic E-state index is -3.29. The third-order valence-electron chi connectivity index (χ3n) is 5.41. The Labute approximate surface area is 204 Å². The van der Waals surface area contributed by atoms with Gasteiger partial charge in [0.05, 0.1) is 36.0 Å². The number of hydrogen-bond acceptors (Lipinski definition) is 6. The van der Waals surface area contributed by atoms with Crippen LogP contribution in [-0.4, -0.2) is 37.7 Å². The normalized spacial score (nSPS) is 11.2. The molecule has 0 aliphatic rings. The zero-order chi connectivity index (χ0) is 25.0. The molecule has 4 rings (SSSR count). The van der Waals surface area contributed by atoms with Gasteiger partial charge >= 0.3 is 0 Å². The summed E-state index contributed by atoms with van der Waals surface area (Å²) in [6.07, 6.45) is 2.76. The molecule has 35 heavy (non-hydrogen) atoms. The van der Waals surface area contributed by atoms with Gasteiger partial charge < -0.3 is 10.1 Å². The predicted octanol–water partition coefficient (Wildman–Crippen LogP) is 4.71. The largest absolute Gasteiger partial charge is 0.497 e. The number of nitrogens with one attached hydrogen (secondary N) is 1. The molecule has 0 saturated carbocycles. The number of carbonyl (C=O) groups excluding carboxylic acids is 1. The number of anilines is 1. The molecule has 8 heteroatoms. The van der Waals surface area contributed by atoms with E-state index in [4.69, 9.17) is 9.72 Å². The van der Waals surface area contributed by atoms with Crippen LogP contribution in [0.4, 0.5) is 5.82 Å². The van der Waals surface area contributed by atoms with Gasteiger partial charge in [0.1, 0.15) is 5.75 Å². The highest BCUT2D eigenvalue weighted by atomic mass is 32.2. The molecule has 1 N–H and O–H groups in total. The van der Waals surface area contributed by atoms with E-state index >= 15 is 0 Å². The Morgan fingerprint density at radius 3 is 2.29 bits per heavy atom. The standard InChI is InChI=1S/C27H25N3O4S/c1-18-5-4-6-21(15-18)26-27(20-9-11-22(34-2)12-10-20)30-24(17-28-26)29-25(31)16-19-7-13-23(14-8-19)35(3,32)33/h4-15,17H,16H2,1-3H3,(H,29,30,31). The van der Waals surface area contributed by atoms with Gasteiger partial charge in [0.15, 0.2) is 15.7 Å². The average molecular weight is 488 g/mol. The van der Waals surface area contributed by atoms with Gasteiger partial charge in [0.2, 0.25) is 5.91 Å². The maximum absolute atomic E-state index is 12.7. The van der Waals surface area contributed by atoms with Crippen molar-refractivity contribution in [1.82, 2.24) is 9.97 Å². The Morgan fingerprint density at radius 2 is 1.66 bits per heavy atom. The van der Waals surface area contributed by atoms with Crippen LogP contribution >= 0.6 is 0 Å². The zero-order valence-electron chi connectivity index (χ0n) is 19.6. The molecular weight excluding hydrogens is 462 g/mol. The molecular formula is C27H25N3O4S. The van der Waals surface area contributed by atoms with Crippen molar-refractivity contribution in [3.8, 4) is 28.3 Å². The molecule has 0 fully saturated rings. The van der Waals surface area contributed by atoms with Crippen LogP contribution in [0.1, 0.15) is 11.1 Å². The molecule has 1 aromatic heterocycles. The number of benzene rings is 3. The quantitative estimate of drug-likeness (QED) is 0.405. The summed E-state index contributed by atoms with van der Waals surface area (Å²) in [6.45, 7) is 2.01. The van der Waals surface area contributed by atoms with E-state index in [9.17, 15) is 13.2 Å². The van der Waals surface area contributed by atoms with Crippen LogP contribution in [0.15, 0.2) is 83.9 Å². The first-order valence-electron chi connectivity index (χ1n) is 10.9. The molecule has 1 amide bonds. The molecule has 4 aromatic rings. The monoisotopic (exact) mass is 487 g/mol. The summed E-state index contributed by atoms with van der Waals surface area (Å²) in [6, 6.07) is 21.7. The lowest BCUT2D eigenvalue weighted by molar-refractivity contribution is -0.115. The smallest absolute Gasteiger partial charge is 0.229 e. The first-order chi connectivity index (χ1) is 16.7. The summed E-state index contributed by atoms with van der Waals surface area (Å²) in [7, 11) is -1.68. The van der Waals surface area contributed by atoms with Gasteiger partial charge in [-0.3, -0.25) is 9.78 Å². The van der Waals surface area contributed by atoms with E-state index in [1.54, 1.807) is 19.2 Å². The molecule has 0 atom stereocenters. The SMILES string of the molecule is COc1ccc(-c2nc(NC(=O)Cc3ccc(S(C)(=O)=O)cc3)cnc2-c2cccc(C)c2)cc1. The molecule has 3 aromatic carbocycles. The Morgan fingerprint density at radius 1 is 0.943 bits per heavy atom. The van der Waals surface area contributed by atoms with Crippen LogP contribution in [0, 0.1) is 6.92 Å². The number of methoxy groups -OCH3 is 1. The highest BCUT2D eigenvalue weighted by molar-refractivity contribution is 7.90. The lowest BCUT2D eigenvalue weighted by Crippen LogP contribution is -2.16. The Hall–Kier alpha value is -4.04. The van der Waals surface area contributed by atoms with Crippen LogP contribution < -0.4 is 10.1 Å². The second-order valence-corrected chi connectivity index (χ2v) is 10.2. The van der Waals surface area contributed by atoms with Crippen molar-refractivity contribution in [3.05, 3.63) is 90.1 Å². The van der Waals surface area contributed by atoms with Crippen molar-refractivity contribution in [2.24, 2.45) is 0 Å². The maximum atomic E-state index is 12.7. The number of carbonyl (C=O) groups is 1. The highest BCUT2D eigenvalue weighted by Crippen LogP contribution is 2.31. The second-order valence-electron chi connectivity index (χ2n) is 8.19. The van der Waals surface area contributed by atoms with Gasteiger partial charge in [0, 0.05) is 17.4 Å². The highest BCUT2D eigenvalue weighted by Gasteiger charge is 2.15. The van der Waals surface area contributed by atoms with Gasteiger partial charge in [-0.15, -0.1) is 0 Å². The predicted molar refractivity (Wildman–Crippen MR) is 136 cm³/mol. The summed E-state index contributed by atoms with van der Waals surface area (Å²) < 4.78 is 28.5. The van der Waals surface area contributed by atoms with E-state index in [-0.39, 0.29) is 17.2 Å². The maximum Gasteiger partial charge on any atom is 0.229 e. The van der Waals surface area contributed by atoms with Crippen molar-refractivity contribution in [2.75, 3.05) is 18.7 Å². The van der Waals surface area contributed by atoms with Gasteiger partial charge in [-0.1, -0.05) is 35.9 Å². The third kappa shape index (κ3) is 5.91. The van der Waals surface area contributed by atoms with E-state index in [1.807, 2.05) is 55.5 Å². The van der Waals surface area contributed by atoms with E-state index < -0.39 is 9.84 Å². The first kappa shape index (κ1) is 24.1. The summed E-state index contributed by atoms with van der Waals surface area (Å²) >= 11 is 0. The zero-order valence-corrected chi connectivity index (χ0v) is 20.5. The number of hydrogen-bond donors (Lipinski definition) is 1. The molecule has 7 nitrogen and oxygen atoms in total. The molecule has 0 spiro atoms. The van der Waals surface area contributed by atoms with Crippen LogP contribution in [0.2, 0.25) is 0 Å². The Bertz CT molecular complexity index is 1470. The second kappa shape index (κ2) is 10.1. The van der Waals surface area contributed by atoms with E-state index in [2.05, 4.69) is 10.3 Å². The molecule has 0 saturated heterocycles. The lowest BCUT2D eigenvalue weighted by atomic mass is 10.0. The van der Waals surface area contributed by atoms with E-state index in [0.717, 1.165) is 28.7 Å². The van der Waals surface area contributed by atoms with Crippen molar-refractivity contribution >= 4 is 21.6 Å². The molecule has 1 heterocycles. The number of sulfone groups is 1. The number of aryl methyl sites for hydroxylation is 1. The third-order valence-corrected chi connectivity index (χ3v) is 6.54. The summed E-state index contributed by atoms with van der Waals surface area (Å²) in [5.74, 6) is 0.769. The first-order valence-corrected chi connectivity index (χ1v) is 12.8. The molecule has 178 valence electrons. The molecule has 0 unspecified atom stereocenters. The van der Waals surface area contributed by atoms with Crippen LogP contribution in [0.25, 0.3) is 22.5 Å². The molecule has 0 bridgehead atoms. The number of aromatic nitrogens is 2. The summed E-state index contributed by atoms with van der Waals surface area (Å²) in [5.41, 5.74) is 4.88. The van der Waals surface area contributed by atoms with Crippen molar-refractivity contribution in [1.29, 1.82) is 0 Å². The van der Waals surface area contributed by atoms with E-state index in [0.29, 0.717) is 22.8 Å². The Kier molecular flexibility index (Phi) is 6.93. The number of amides is 1. The van der Waals surface area contributed by atoms with Crippen molar-refractivity contribution < 1.29 is 17.9 Å². The van der Waals surface area contributed by atoms with Crippen molar-refractivity contribution in [2.45, 2.75) is 18.2 Å². The number of nitrogens with zero attached hydrogens (tertiary/aromatic N) is 2. The fraction of sp³-hybridized carbons (Fsp3) is 0.148. The van der Waals surface area contributed by atoms with Gasteiger partial charge in [-0.2, -0.15) is 0 Å². The average Bonchev–Trinajstić information content (AvgIpc) is 2.84. The van der Waals surface area contributed by atoms with Crippen molar-refractivity contribution in [3.63, 3.8) is 0 Å². The molecule has 0 radical (unpaired) electrons. The fourth-order valence-corrected chi connectivity index (χ4v) is 4.26. The lowest BCUT2D eigenvalue weighted by Gasteiger charge is -2.12. The van der Waals surface area contributed by atoms with Gasteiger partial charge in [-0.25, -0.2) is 13.4 Å². The van der Waals surface area contributed by atoms with E-state index in [1.165, 1.54) is 18.3 Å². The molecule has 0 aliphatic heterocycles. The topological polar surface area (TPSA) is 98.2 Å². The fourth-order valence-electron chi connectivity index (χ4n) is 3.63.